The van der Waals surface area contributed by atoms with Gasteiger partial charge in [0.1, 0.15) is 5.75 Å². The summed E-state index contributed by atoms with van der Waals surface area (Å²) in [4.78, 5) is 12.2. The van der Waals surface area contributed by atoms with Gasteiger partial charge in [0.2, 0.25) is 10.0 Å². The number of hydrogen-bond acceptors (Lipinski definition) is 6. The van der Waals surface area contributed by atoms with Crippen LogP contribution in [-0.4, -0.2) is 32.3 Å². The van der Waals surface area contributed by atoms with Gasteiger partial charge in [-0.15, -0.1) is 0 Å². The standard InChI is InChI=1S/C16H15N5O4S2/c1-25-10-5-6-13-12(8-10)14(15(22)19-13)20-21(16(17)26)9-3-2-4-11(7-9)27(18,23)24/h2-8H,1H3,(H2,17,26)(H2,18,23,24)(H,19,20,22). The number of nitrogens with two attached hydrogens (primary N) is 2. The Bertz CT molecular complexity index is 1080. The maximum Gasteiger partial charge on any atom is 0.276 e. The maximum atomic E-state index is 12.3. The van der Waals surface area contributed by atoms with Gasteiger partial charge in [-0.2, -0.15) is 5.10 Å². The van der Waals surface area contributed by atoms with Crippen molar-refractivity contribution in [3.8, 4) is 5.75 Å². The van der Waals surface area contributed by atoms with Gasteiger partial charge in [-0.3, -0.25) is 4.79 Å². The molecule has 0 spiro atoms. The summed E-state index contributed by atoms with van der Waals surface area (Å²) in [5, 5.41) is 13.0. The highest BCUT2D eigenvalue weighted by molar-refractivity contribution is 7.89. The highest BCUT2D eigenvalue weighted by atomic mass is 32.2. The Morgan fingerprint density at radius 2 is 2.00 bits per heavy atom. The lowest BCUT2D eigenvalue weighted by Crippen LogP contribution is -2.33. The Labute approximate surface area is 160 Å². The van der Waals surface area contributed by atoms with Crippen LogP contribution < -0.4 is 25.9 Å². The zero-order valence-corrected chi connectivity index (χ0v) is 15.7. The van der Waals surface area contributed by atoms with Gasteiger partial charge in [-0.05, 0) is 48.6 Å². The fourth-order valence-electron chi connectivity index (χ4n) is 2.48. The van der Waals surface area contributed by atoms with Crippen LogP contribution in [0.25, 0.3) is 0 Å². The zero-order valence-electron chi connectivity index (χ0n) is 14.0. The van der Waals surface area contributed by atoms with E-state index >= 15 is 0 Å². The number of rotatable bonds is 4. The Kier molecular flexibility index (Phi) is 4.83. The summed E-state index contributed by atoms with van der Waals surface area (Å²) >= 11 is 5.02. The molecule has 0 atom stereocenters. The molecule has 0 unspecified atom stereocenters. The molecule has 5 N–H and O–H groups in total. The summed E-state index contributed by atoms with van der Waals surface area (Å²) in [6.07, 6.45) is 0. The number of carbonyl (C=O) groups excluding carboxylic acids is 1. The number of nitrogens with zero attached hydrogens (tertiary/aromatic N) is 2. The van der Waals surface area contributed by atoms with E-state index in [0.717, 1.165) is 5.01 Å². The third-order valence-electron chi connectivity index (χ3n) is 3.74. The monoisotopic (exact) mass is 405 g/mol. The number of methoxy groups -OCH3 is 1. The predicted molar refractivity (Wildman–Crippen MR) is 105 cm³/mol. The summed E-state index contributed by atoms with van der Waals surface area (Å²) in [5.74, 6) is 0.0816. The van der Waals surface area contributed by atoms with Crippen LogP contribution in [0.3, 0.4) is 0 Å². The molecule has 0 aliphatic carbocycles. The van der Waals surface area contributed by atoms with Crippen molar-refractivity contribution < 1.29 is 17.9 Å². The number of ether oxygens (including phenoxy) is 1. The number of amides is 1. The van der Waals surface area contributed by atoms with Crippen molar-refractivity contribution in [3.05, 3.63) is 48.0 Å². The molecule has 9 nitrogen and oxygen atoms in total. The number of nitrogens with one attached hydrogen (secondary N) is 1. The number of primary sulfonamides is 1. The van der Waals surface area contributed by atoms with Crippen molar-refractivity contribution in [2.75, 3.05) is 17.4 Å². The van der Waals surface area contributed by atoms with Crippen LogP contribution in [0.2, 0.25) is 0 Å². The lowest BCUT2D eigenvalue weighted by molar-refractivity contribution is -0.110. The van der Waals surface area contributed by atoms with Gasteiger partial charge in [-0.1, -0.05) is 6.07 Å². The summed E-state index contributed by atoms with van der Waals surface area (Å²) in [6.45, 7) is 0. The van der Waals surface area contributed by atoms with Gasteiger partial charge in [0.15, 0.2) is 10.8 Å². The number of anilines is 2. The fraction of sp³-hybridized carbons (Fsp3) is 0.0625. The zero-order chi connectivity index (χ0) is 19.8. The number of benzene rings is 2. The van der Waals surface area contributed by atoms with E-state index < -0.39 is 15.9 Å². The fourth-order valence-corrected chi connectivity index (χ4v) is 3.18. The van der Waals surface area contributed by atoms with Crippen LogP contribution >= 0.6 is 12.2 Å². The normalized spacial score (nSPS) is 14.6. The van der Waals surface area contributed by atoms with Crippen LogP contribution in [0.4, 0.5) is 11.4 Å². The van der Waals surface area contributed by atoms with Crippen LogP contribution in [0, 0.1) is 0 Å². The van der Waals surface area contributed by atoms with Gasteiger partial charge in [0.25, 0.3) is 5.91 Å². The first-order valence-electron chi connectivity index (χ1n) is 7.51. The van der Waals surface area contributed by atoms with Crippen molar-refractivity contribution >= 4 is 50.3 Å². The van der Waals surface area contributed by atoms with Gasteiger partial charge in [0, 0.05) is 5.56 Å². The Hall–Kier alpha value is -3.02. The molecule has 1 heterocycles. The van der Waals surface area contributed by atoms with Gasteiger partial charge >= 0.3 is 0 Å². The first kappa shape index (κ1) is 18.8. The molecule has 0 radical (unpaired) electrons. The molecule has 0 fully saturated rings. The topological polar surface area (TPSA) is 140 Å². The second kappa shape index (κ2) is 6.95. The first-order valence-corrected chi connectivity index (χ1v) is 9.47. The lowest BCUT2D eigenvalue weighted by atomic mass is 10.1. The van der Waals surface area contributed by atoms with E-state index in [0.29, 0.717) is 17.0 Å². The van der Waals surface area contributed by atoms with E-state index in [1.54, 1.807) is 18.2 Å². The average molecular weight is 405 g/mol. The molecule has 1 aliphatic heterocycles. The minimum atomic E-state index is -3.94. The van der Waals surface area contributed by atoms with Crippen molar-refractivity contribution in [2.24, 2.45) is 16.0 Å². The third kappa shape index (κ3) is 3.74. The quantitative estimate of drug-likeness (QED) is 0.503. The van der Waals surface area contributed by atoms with Crippen molar-refractivity contribution in [3.63, 3.8) is 0 Å². The number of hydrazone groups is 1. The third-order valence-corrected chi connectivity index (χ3v) is 4.83. The molecule has 0 saturated carbocycles. The highest BCUT2D eigenvalue weighted by Crippen LogP contribution is 2.29. The van der Waals surface area contributed by atoms with E-state index in [4.69, 9.17) is 27.8 Å². The summed E-state index contributed by atoms with van der Waals surface area (Å²) < 4.78 is 28.4. The molecule has 140 valence electrons. The molecule has 0 saturated heterocycles. The summed E-state index contributed by atoms with van der Waals surface area (Å²) in [7, 11) is -2.43. The molecule has 2 aromatic carbocycles. The molecule has 11 heteroatoms. The molecule has 0 bridgehead atoms. The van der Waals surface area contributed by atoms with E-state index in [9.17, 15) is 13.2 Å². The molecule has 27 heavy (non-hydrogen) atoms. The number of thiocarbonyl (C=S) groups is 1. The van der Waals surface area contributed by atoms with Gasteiger partial charge < -0.3 is 15.8 Å². The molecule has 1 aliphatic rings. The van der Waals surface area contributed by atoms with E-state index in [-0.39, 0.29) is 21.4 Å². The van der Waals surface area contributed by atoms with E-state index in [1.165, 1.54) is 31.4 Å². The van der Waals surface area contributed by atoms with Crippen LogP contribution in [0.5, 0.6) is 5.75 Å². The molecule has 1 amide bonds. The minimum Gasteiger partial charge on any atom is -0.497 e. The van der Waals surface area contributed by atoms with E-state index in [1.807, 2.05) is 0 Å². The van der Waals surface area contributed by atoms with Gasteiger partial charge in [-0.25, -0.2) is 18.6 Å². The first-order chi connectivity index (χ1) is 12.7. The van der Waals surface area contributed by atoms with E-state index in [2.05, 4.69) is 10.4 Å². The molecular weight excluding hydrogens is 390 g/mol. The van der Waals surface area contributed by atoms with Crippen molar-refractivity contribution in [1.82, 2.24) is 0 Å². The number of hydrogen-bond donors (Lipinski definition) is 3. The van der Waals surface area contributed by atoms with Crippen LogP contribution in [0.15, 0.2) is 52.5 Å². The second-order valence-corrected chi connectivity index (χ2v) is 7.49. The highest BCUT2D eigenvalue weighted by Gasteiger charge is 2.28. The molecule has 2 aromatic rings. The van der Waals surface area contributed by atoms with Crippen molar-refractivity contribution in [2.45, 2.75) is 4.90 Å². The molecule has 0 aromatic heterocycles. The second-order valence-electron chi connectivity index (χ2n) is 5.51. The lowest BCUT2D eigenvalue weighted by Gasteiger charge is -2.18. The number of fused-ring (bicyclic) bond motifs is 1. The molecular formula is C16H15N5O4S2. The van der Waals surface area contributed by atoms with Crippen molar-refractivity contribution in [1.29, 1.82) is 0 Å². The SMILES string of the molecule is COc1ccc2c(c1)/C(=N/N(C(N)=S)c1cccc(S(N)(=O)=O)c1)C(=O)N2. The maximum absolute atomic E-state index is 12.3. The Morgan fingerprint density at radius 1 is 1.26 bits per heavy atom. The summed E-state index contributed by atoms with van der Waals surface area (Å²) in [6, 6.07) is 10.6. The number of carbonyl (C=O) groups is 1. The molecule has 3 rings (SSSR count). The smallest absolute Gasteiger partial charge is 0.276 e. The predicted octanol–water partition coefficient (Wildman–Crippen LogP) is 0.749. The van der Waals surface area contributed by atoms with Crippen LogP contribution in [0.1, 0.15) is 5.56 Å². The van der Waals surface area contributed by atoms with Crippen LogP contribution in [-0.2, 0) is 14.8 Å². The van der Waals surface area contributed by atoms with Gasteiger partial charge in [0.05, 0.1) is 23.4 Å². The average Bonchev–Trinajstić information content (AvgIpc) is 2.93. The number of sulfonamides is 1. The Morgan fingerprint density at radius 3 is 2.63 bits per heavy atom. The summed E-state index contributed by atoms with van der Waals surface area (Å²) in [5.41, 5.74) is 7.09. The minimum absolute atomic E-state index is 0.0534. The largest absolute Gasteiger partial charge is 0.497 e. The Balaban J connectivity index is 2.11.